The number of amides is 1. The van der Waals surface area contributed by atoms with Crippen LogP contribution in [0.25, 0.3) is 0 Å². The van der Waals surface area contributed by atoms with E-state index in [1.54, 1.807) is 0 Å². The largest absolute Gasteiger partial charge is 0.352 e. The van der Waals surface area contributed by atoms with E-state index in [1.165, 1.54) is 25.7 Å². The molecule has 0 aliphatic heterocycles. The van der Waals surface area contributed by atoms with Gasteiger partial charge >= 0.3 is 0 Å². The van der Waals surface area contributed by atoms with Gasteiger partial charge in [0.15, 0.2) is 0 Å². The van der Waals surface area contributed by atoms with Gasteiger partial charge in [-0.05, 0) is 26.7 Å². The van der Waals surface area contributed by atoms with Crippen molar-refractivity contribution in [1.29, 1.82) is 0 Å². The second-order valence-electron chi connectivity index (χ2n) is 5.61. The summed E-state index contributed by atoms with van der Waals surface area (Å²) in [7, 11) is 0. The van der Waals surface area contributed by atoms with E-state index >= 15 is 0 Å². The lowest BCUT2D eigenvalue weighted by molar-refractivity contribution is -0.123. The van der Waals surface area contributed by atoms with Crippen LogP contribution in [0.15, 0.2) is 0 Å². The molecule has 1 fully saturated rings. The molecule has 1 saturated carbocycles. The zero-order chi connectivity index (χ0) is 13.4. The van der Waals surface area contributed by atoms with Crippen molar-refractivity contribution in [3.05, 3.63) is 0 Å². The molecule has 0 aromatic rings. The van der Waals surface area contributed by atoms with Crippen molar-refractivity contribution in [2.45, 2.75) is 64.5 Å². The first kappa shape index (κ1) is 15.4. The van der Waals surface area contributed by atoms with Crippen LogP contribution in [0.5, 0.6) is 0 Å². The van der Waals surface area contributed by atoms with Crippen molar-refractivity contribution in [2.75, 3.05) is 19.6 Å². The molecule has 4 heteroatoms. The standard InChI is InChI=1S/C14H29N3O/c1-12(2)17(10-9-15)11-14(18)16-13-7-5-3-4-6-8-13/h12-13H,3-11,15H2,1-2H3,(H,16,18). The van der Waals surface area contributed by atoms with Gasteiger partial charge in [-0.15, -0.1) is 0 Å². The van der Waals surface area contributed by atoms with Crippen LogP contribution >= 0.6 is 0 Å². The third-order valence-corrected chi connectivity index (χ3v) is 3.71. The fraction of sp³-hybridized carbons (Fsp3) is 0.929. The molecule has 0 spiro atoms. The first-order chi connectivity index (χ1) is 8.63. The molecule has 1 amide bonds. The number of carbonyl (C=O) groups excluding carboxylic acids is 1. The SMILES string of the molecule is CC(C)N(CCN)CC(=O)NC1CCCCCC1. The molecule has 0 heterocycles. The third-order valence-electron chi connectivity index (χ3n) is 3.71. The van der Waals surface area contributed by atoms with E-state index in [4.69, 9.17) is 5.73 Å². The van der Waals surface area contributed by atoms with Crippen molar-refractivity contribution >= 4 is 5.91 Å². The highest BCUT2D eigenvalue weighted by molar-refractivity contribution is 5.78. The van der Waals surface area contributed by atoms with E-state index in [2.05, 4.69) is 24.1 Å². The lowest BCUT2D eigenvalue weighted by Crippen LogP contribution is -2.45. The van der Waals surface area contributed by atoms with Gasteiger partial charge in [0.05, 0.1) is 6.54 Å². The maximum absolute atomic E-state index is 12.0. The summed E-state index contributed by atoms with van der Waals surface area (Å²) in [5.41, 5.74) is 5.57. The number of nitrogens with two attached hydrogens (primary N) is 1. The van der Waals surface area contributed by atoms with E-state index < -0.39 is 0 Å². The molecule has 0 unspecified atom stereocenters. The molecule has 3 N–H and O–H groups in total. The van der Waals surface area contributed by atoms with Crippen molar-refractivity contribution in [3.8, 4) is 0 Å². The van der Waals surface area contributed by atoms with Gasteiger partial charge in [-0.1, -0.05) is 25.7 Å². The maximum atomic E-state index is 12.0. The highest BCUT2D eigenvalue weighted by atomic mass is 16.2. The van der Waals surface area contributed by atoms with E-state index in [0.29, 0.717) is 25.2 Å². The van der Waals surface area contributed by atoms with Crippen LogP contribution in [0.2, 0.25) is 0 Å². The highest BCUT2D eigenvalue weighted by Crippen LogP contribution is 2.17. The predicted octanol–water partition coefficient (Wildman–Crippen LogP) is 1.49. The van der Waals surface area contributed by atoms with Gasteiger partial charge < -0.3 is 11.1 Å². The molecule has 1 rings (SSSR count). The van der Waals surface area contributed by atoms with Crippen LogP contribution < -0.4 is 11.1 Å². The van der Waals surface area contributed by atoms with Crippen LogP contribution in [0, 0.1) is 0 Å². The number of hydrogen-bond acceptors (Lipinski definition) is 3. The normalized spacial score (nSPS) is 18.1. The zero-order valence-corrected chi connectivity index (χ0v) is 12.0. The van der Waals surface area contributed by atoms with Crippen molar-refractivity contribution in [3.63, 3.8) is 0 Å². The van der Waals surface area contributed by atoms with Gasteiger partial charge in [0.25, 0.3) is 0 Å². The van der Waals surface area contributed by atoms with E-state index in [9.17, 15) is 4.79 Å². The number of nitrogens with zero attached hydrogens (tertiary/aromatic N) is 1. The molecule has 0 radical (unpaired) electrons. The fourth-order valence-electron chi connectivity index (χ4n) is 2.57. The molecule has 0 aromatic heterocycles. The summed E-state index contributed by atoms with van der Waals surface area (Å²) in [4.78, 5) is 14.2. The number of carbonyl (C=O) groups is 1. The van der Waals surface area contributed by atoms with Gasteiger partial charge in [-0.3, -0.25) is 9.69 Å². The first-order valence-corrected chi connectivity index (χ1v) is 7.37. The summed E-state index contributed by atoms with van der Waals surface area (Å²) < 4.78 is 0. The molecule has 18 heavy (non-hydrogen) atoms. The Kier molecular flexibility index (Phi) is 7.28. The Morgan fingerprint density at radius 1 is 1.28 bits per heavy atom. The van der Waals surface area contributed by atoms with Crippen molar-refractivity contribution in [2.24, 2.45) is 5.73 Å². The number of hydrogen-bond donors (Lipinski definition) is 2. The first-order valence-electron chi connectivity index (χ1n) is 7.37. The Morgan fingerprint density at radius 2 is 1.89 bits per heavy atom. The monoisotopic (exact) mass is 255 g/mol. The molecule has 0 saturated heterocycles. The minimum atomic E-state index is 0.157. The number of rotatable bonds is 6. The number of nitrogens with one attached hydrogen (secondary N) is 1. The minimum Gasteiger partial charge on any atom is -0.352 e. The van der Waals surface area contributed by atoms with Gasteiger partial charge in [0.1, 0.15) is 0 Å². The quantitative estimate of drug-likeness (QED) is 0.707. The Bertz CT molecular complexity index is 235. The van der Waals surface area contributed by atoms with E-state index in [0.717, 1.165) is 19.4 Å². The minimum absolute atomic E-state index is 0.157. The summed E-state index contributed by atoms with van der Waals surface area (Å²) in [6.07, 6.45) is 7.42. The topological polar surface area (TPSA) is 58.4 Å². The Hall–Kier alpha value is -0.610. The summed E-state index contributed by atoms with van der Waals surface area (Å²) >= 11 is 0. The fourth-order valence-corrected chi connectivity index (χ4v) is 2.57. The molecule has 4 nitrogen and oxygen atoms in total. The molecule has 1 aliphatic rings. The average Bonchev–Trinajstić information content (AvgIpc) is 2.57. The molecule has 0 atom stereocenters. The molecule has 0 aromatic carbocycles. The van der Waals surface area contributed by atoms with Gasteiger partial charge in [0, 0.05) is 25.2 Å². The smallest absolute Gasteiger partial charge is 0.234 e. The molecule has 1 aliphatic carbocycles. The van der Waals surface area contributed by atoms with Gasteiger partial charge in [-0.2, -0.15) is 0 Å². The van der Waals surface area contributed by atoms with Gasteiger partial charge in [0.2, 0.25) is 5.91 Å². The summed E-state index contributed by atoms with van der Waals surface area (Å²) in [5.74, 6) is 0.157. The highest BCUT2D eigenvalue weighted by Gasteiger charge is 2.17. The second-order valence-corrected chi connectivity index (χ2v) is 5.61. The Morgan fingerprint density at radius 3 is 2.39 bits per heavy atom. The zero-order valence-electron chi connectivity index (χ0n) is 12.0. The van der Waals surface area contributed by atoms with Crippen LogP contribution in [-0.4, -0.2) is 42.5 Å². The third kappa shape index (κ3) is 5.83. The van der Waals surface area contributed by atoms with E-state index in [-0.39, 0.29) is 5.91 Å². The van der Waals surface area contributed by atoms with Crippen LogP contribution in [0.1, 0.15) is 52.4 Å². The maximum Gasteiger partial charge on any atom is 0.234 e. The van der Waals surface area contributed by atoms with Crippen LogP contribution in [-0.2, 0) is 4.79 Å². The predicted molar refractivity (Wildman–Crippen MR) is 75.4 cm³/mol. The summed E-state index contributed by atoms with van der Waals surface area (Å²) in [6.45, 7) is 6.08. The lowest BCUT2D eigenvalue weighted by Gasteiger charge is -2.26. The molecular formula is C14H29N3O. The van der Waals surface area contributed by atoms with E-state index in [1.807, 2.05) is 0 Å². The average molecular weight is 255 g/mol. The summed E-state index contributed by atoms with van der Waals surface area (Å²) in [6, 6.07) is 0.764. The second kappa shape index (κ2) is 8.48. The van der Waals surface area contributed by atoms with Gasteiger partial charge in [-0.25, -0.2) is 0 Å². The molecular weight excluding hydrogens is 226 g/mol. The molecule has 0 bridgehead atoms. The lowest BCUT2D eigenvalue weighted by atomic mass is 10.1. The molecule has 106 valence electrons. The van der Waals surface area contributed by atoms with Crippen molar-refractivity contribution < 1.29 is 4.79 Å². The summed E-state index contributed by atoms with van der Waals surface area (Å²) in [5, 5.41) is 3.18. The Balaban J connectivity index is 2.34. The van der Waals surface area contributed by atoms with Crippen LogP contribution in [0.3, 0.4) is 0 Å². The Labute approximate surface area is 111 Å². The van der Waals surface area contributed by atoms with Crippen molar-refractivity contribution in [1.82, 2.24) is 10.2 Å². The van der Waals surface area contributed by atoms with Crippen LogP contribution in [0.4, 0.5) is 0 Å².